The van der Waals surface area contributed by atoms with Gasteiger partial charge in [-0.1, -0.05) is 0 Å². The van der Waals surface area contributed by atoms with Crippen LogP contribution in [0.5, 0.6) is 0 Å². The Kier molecular flexibility index (Phi) is 37.0. The van der Waals surface area contributed by atoms with E-state index in [-0.39, 0.29) is 78.7 Å². The van der Waals surface area contributed by atoms with Crippen molar-refractivity contribution in [2.75, 3.05) is 0 Å². The standard InChI is InChI=1S/2CH2O3.K.Mg.3H/c2*2-1(3)4;;;;;/h2*(H2,2,3,4);;;;;/q;;+1;+2;3*-1. The van der Waals surface area contributed by atoms with Crippen LogP contribution < -0.4 is 51.4 Å². The summed E-state index contributed by atoms with van der Waals surface area (Å²) >= 11 is 0. The predicted octanol–water partition coefficient (Wildman–Crippen LogP) is -2.59. The summed E-state index contributed by atoms with van der Waals surface area (Å²) < 4.78 is 0. The van der Waals surface area contributed by atoms with Crippen molar-refractivity contribution in [3.05, 3.63) is 0 Å². The maximum Gasteiger partial charge on any atom is 2.00 e. The Morgan fingerprint density at radius 1 is 0.900 bits per heavy atom. The average molecular weight is 190 g/mol. The van der Waals surface area contributed by atoms with Gasteiger partial charge in [-0.2, -0.15) is 0 Å². The minimum Gasteiger partial charge on any atom is -1.00 e. The van der Waals surface area contributed by atoms with Gasteiger partial charge in [0.15, 0.2) is 0 Å². The smallest absolute Gasteiger partial charge is 1.00 e. The number of carboxylic acid groups (broad SMARTS) is 4. The van der Waals surface area contributed by atoms with E-state index in [4.69, 9.17) is 30.0 Å². The predicted molar refractivity (Wildman–Crippen MR) is 30.4 cm³/mol. The number of rotatable bonds is 0. The molecule has 0 aliphatic rings. The molecule has 10 heavy (non-hydrogen) atoms. The van der Waals surface area contributed by atoms with E-state index in [1.54, 1.807) is 0 Å². The summed E-state index contributed by atoms with van der Waals surface area (Å²) in [7, 11) is 0. The Hall–Kier alpha value is 0.943. The molecule has 0 bridgehead atoms. The van der Waals surface area contributed by atoms with E-state index in [1.807, 2.05) is 0 Å². The quantitative estimate of drug-likeness (QED) is 0.312. The molecular weight excluding hydrogens is 183 g/mol. The van der Waals surface area contributed by atoms with E-state index in [2.05, 4.69) is 0 Å². The average Bonchev–Trinajstić information content (AvgIpc) is 1.25. The van der Waals surface area contributed by atoms with Gasteiger partial charge in [0.1, 0.15) is 0 Å². The van der Waals surface area contributed by atoms with E-state index in [0.29, 0.717) is 0 Å². The van der Waals surface area contributed by atoms with E-state index < -0.39 is 12.3 Å². The van der Waals surface area contributed by atoms with Gasteiger partial charge in [0.2, 0.25) is 0 Å². The summed E-state index contributed by atoms with van der Waals surface area (Å²) in [5.41, 5.74) is 0. The van der Waals surface area contributed by atoms with E-state index >= 15 is 0 Å². The fourth-order valence-electron chi connectivity index (χ4n) is 0. The van der Waals surface area contributed by atoms with Gasteiger partial charge in [-0.3, -0.25) is 0 Å². The van der Waals surface area contributed by atoms with E-state index in [9.17, 15) is 0 Å². The van der Waals surface area contributed by atoms with Crippen molar-refractivity contribution in [1.29, 1.82) is 0 Å². The summed E-state index contributed by atoms with van der Waals surface area (Å²) in [6.45, 7) is 0. The summed E-state index contributed by atoms with van der Waals surface area (Å²) in [6, 6.07) is 0. The molecule has 0 unspecified atom stereocenters. The summed E-state index contributed by atoms with van der Waals surface area (Å²) in [5.74, 6) is 0. The van der Waals surface area contributed by atoms with Crippen LogP contribution in [0.15, 0.2) is 0 Å². The molecule has 0 aromatic rings. The molecule has 0 spiro atoms. The van der Waals surface area contributed by atoms with Crippen LogP contribution in [-0.2, 0) is 0 Å². The molecule has 0 aliphatic carbocycles. The van der Waals surface area contributed by atoms with Crippen LogP contribution in [0.2, 0.25) is 0 Å². The Morgan fingerprint density at radius 2 is 0.900 bits per heavy atom. The van der Waals surface area contributed by atoms with Gasteiger partial charge < -0.3 is 24.7 Å². The minimum absolute atomic E-state index is 0. The van der Waals surface area contributed by atoms with Crippen molar-refractivity contribution in [3.63, 3.8) is 0 Å². The van der Waals surface area contributed by atoms with Crippen LogP contribution in [-0.4, -0.2) is 55.8 Å². The van der Waals surface area contributed by atoms with Gasteiger partial charge in [0.05, 0.1) is 0 Å². The molecule has 0 atom stereocenters. The van der Waals surface area contributed by atoms with Crippen LogP contribution in [0.1, 0.15) is 4.28 Å². The first-order valence-electron chi connectivity index (χ1n) is 1.30. The number of carbonyl (C=O) groups is 2. The zero-order valence-electron chi connectivity index (χ0n) is 8.31. The third-order valence-electron chi connectivity index (χ3n) is 0. The summed E-state index contributed by atoms with van der Waals surface area (Å²) in [6.07, 6.45) is -3.67. The molecule has 54 valence electrons. The van der Waals surface area contributed by atoms with Crippen LogP contribution in [0.4, 0.5) is 9.59 Å². The van der Waals surface area contributed by atoms with Gasteiger partial charge in [0.25, 0.3) is 0 Å². The van der Waals surface area contributed by atoms with Crippen LogP contribution in [0.25, 0.3) is 0 Å². The minimum atomic E-state index is -1.83. The monoisotopic (exact) mass is 190 g/mol. The van der Waals surface area contributed by atoms with Gasteiger partial charge in [-0.05, 0) is 0 Å². The second-order valence-corrected chi connectivity index (χ2v) is 0.565. The third kappa shape index (κ3) is 635. The van der Waals surface area contributed by atoms with Crippen molar-refractivity contribution < 1.29 is 85.7 Å². The van der Waals surface area contributed by atoms with Crippen molar-refractivity contribution in [3.8, 4) is 0 Å². The van der Waals surface area contributed by atoms with Gasteiger partial charge >= 0.3 is 86.7 Å². The van der Waals surface area contributed by atoms with Gasteiger partial charge in [-0.25, -0.2) is 9.59 Å². The van der Waals surface area contributed by atoms with Crippen LogP contribution >= 0.6 is 0 Å². The Balaban J connectivity index is -0.00000000800. The molecule has 0 aromatic carbocycles. The van der Waals surface area contributed by atoms with E-state index in [0.717, 1.165) is 0 Å². The molecule has 0 aromatic heterocycles. The maximum atomic E-state index is 8.56. The van der Waals surface area contributed by atoms with E-state index in [1.165, 1.54) is 0 Å². The molecule has 6 nitrogen and oxygen atoms in total. The topological polar surface area (TPSA) is 115 Å². The number of hydrogen-bond donors (Lipinski definition) is 4. The van der Waals surface area contributed by atoms with Crippen molar-refractivity contribution >= 4 is 35.4 Å². The molecule has 0 radical (unpaired) electrons. The molecule has 0 heterocycles. The normalized spacial score (nSPS) is 4.80. The first kappa shape index (κ1) is 22.4. The third-order valence-corrected chi connectivity index (χ3v) is 0. The molecule has 0 saturated heterocycles. The first-order chi connectivity index (χ1) is 3.46. The molecule has 0 fully saturated rings. The molecule has 4 N–H and O–H groups in total. The van der Waals surface area contributed by atoms with Crippen LogP contribution in [0, 0.1) is 0 Å². The molecule has 0 rings (SSSR count). The second kappa shape index (κ2) is 16.5. The Morgan fingerprint density at radius 3 is 0.900 bits per heavy atom. The Bertz CT molecular complexity index is 83.9. The molecule has 8 heteroatoms. The number of hydrogen-bond acceptors (Lipinski definition) is 2. The zero-order chi connectivity index (χ0) is 7.15. The maximum absolute atomic E-state index is 8.56. The van der Waals surface area contributed by atoms with Crippen molar-refractivity contribution in [2.45, 2.75) is 0 Å². The largest absolute Gasteiger partial charge is 2.00 e. The fourth-order valence-corrected chi connectivity index (χ4v) is 0. The van der Waals surface area contributed by atoms with Crippen LogP contribution in [0.3, 0.4) is 0 Å². The SMILES string of the molecule is O=C(O)O.O=C(O)O.[H-].[H-].[H-].[K+].[Mg+2]. The molecule has 0 amide bonds. The van der Waals surface area contributed by atoms with Gasteiger partial charge in [-0.15, -0.1) is 0 Å². The second-order valence-electron chi connectivity index (χ2n) is 0.565. The van der Waals surface area contributed by atoms with Crippen molar-refractivity contribution in [2.24, 2.45) is 0 Å². The summed E-state index contributed by atoms with van der Waals surface area (Å²) in [5, 5.41) is 27.9. The zero-order valence-corrected chi connectivity index (χ0v) is 9.85. The summed E-state index contributed by atoms with van der Waals surface area (Å²) in [4.78, 5) is 17.1. The Labute approximate surface area is 119 Å². The van der Waals surface area contributed by atoms with Gasteiger partial charge in [0, 0.05) is 0 Å². The molecular formula is C2H7KMgO6. The molecule has 0 saturated carbocycles. The fraction of sp³-hybridized carbons (Fsp3) is 0. The van der Waals surface area contributed by atoms with Crippen molar-refractivity contribution in [1.82, 2.24) is 0 Å². The molecule has 0 aliphatic heterocycles. The first-order valence-corrected chi connectivity index (χ1v) is 1.30.